The number of hydrogen-bond acceptors (Lipinski definition) is 6. The molecule has 130 valence electrons. The molecule has 9 nitrogen and oxygen atoms in total. The van der Waals surface area contributed by atoms with Gasteiger partial charge in [0.1, 0.15) is 6.61 Å². The lowest BCUT2D eigenvalue weighted by Gasteiger charge is -2.23. The van der Waals surface area contributed by atoms with E-state index in [4.69, 9.17) is 9.57 Å². The van der Waals surface area contributed by atoms with E-state index >= 15 is 0 Å². The molecule has 0 spiro atoms. The molecule has 0 aromatic heterocycles. The van der Waals surface area contributed by atoms with Gasteiger partial charge in [0.2, 0.25) is 5.91 Å². The number of rotatable bonds is 6. The average Bonchev–Trinajstić information content (AvgIpc) is 3.01. The number of nitro groups is 1. The molecule has 1 saturated heterocycles. The Labute approximate surface area is 138 Å². The van der Waals surface area contributed by atoms with Gasteiger partial charge >= 0.3 is 6.09 Å². The Morgan fingerprint density at radius 1 is 1.38 bits per heavy atom. The first kappa shape index (κ1) is 17.7. The molecule has 1 aliphatic rings. The number of nitro benzene ring substituents is 1. The van der Waals surface area contributed by atoms with Crippen molar-refractivity contribution in [3.8, 4) is 0 Å². The summed E-state index contributed by atoms with van der Waals surface area (Å²) in [5, 5.41) is 10.6. The third-order valence-corrected chi connectivity index (χ3v) is 3.61. The number of non-ortho nitro benzene ring substituents is 1. The van der Waals surface area contributed by atoms with E-state index in [1.165, 1.54) is 19.1 Å². The molecule has 0 aliphatic carbocycles. The van der Waals surface area contributed by atoms with Crippen molar-refractivity contribution < 1.29 is 24.1 Å². The number of nitrogens with zero attached hydrogens (tertiary/aromatic N) is 2. The molecular weight excluding hydrogens is 318 g/mol. The number of hydroxylamine groups is 1. The summed E-state index contributed by atoms with van der Waals surface area (Å²) in [6.45, 7) is 2.14. The molecule has 2 rings (SSSR count). The smallest absolute Gasteiger partial charge is 0.410 e. The molecule has 0 bridgehead atoms. The van der Waals surface area contributed by atoms with Crippen LogP contribution in [-0.2, 0) is 21.0 Å². The van der Waals surface area contributed by atoms with Gasteiger partial charge in [-0.2, -0.15) is 0 Å². The molecule has 1 atom stereocenters. The number of likely N-dealkylation sites (tertiary alicyclic amines) is 1. The highest BCUT2D eigenvalue weighted by Gasteiger charge is 2.30. The molecule has 0 radical (unpaired) electrons. The van der Waals surface area contributed by atoms with Gasteiger partial charge in [-0.1, -0.05) is 0 Å². The first-order valence-electron chi connectivity index (χ1n) is 7.52. The van der Waals surface area contributed by atoms with E-state index in [-0.39, 0.29) is 30.9 Å². The molecule has 1 heterocycles. The Morgan fingerprint density at radius 3 is 2.71 bits per heavy atom. The van der Waals surface area contributed by atoms with Crippen LogP contribution in [0.5, 0.6) is 0 Å². The fraction of sp³-hybridized carbons (Fsp3) is 0.467. The Balaban J connectivity index is 1.82. The van der Waals surface area contributed by atoms with Gasteiger partial charge in [-0.05, 0) is 30.5 Å². The van der Waals surface area contributed by atoms with Crippen molar-refractivity contribution in [3.05, 3.63) is 39.9 Å². The highest BCUT2D eigenvalue weighted by Crippen LogP contribution is 2.19. The van der Waals surface area contributed by atoms with Gasteiger partial charge in [-0.15, -0.1) is 0 Å². The van der Waals surface area contributed by atoms with E-state index in [0.29, 0.717) is 12.1 Å². The Bertz CT molecular complexity index is 604. The topological polar surface area (TPSA) is 111 Å². The Hall–Kier alpha value is -2.68. The van der Waals surface area contributed by atoms with Crippen LogP contribution >= 0.6 is 0 Å². The van der Waals surface area contributed by atoms with Crippen LogP contribution < -0.4 is 5.48 Å². The van der Waals surface area contributed by atoms with Crippen LogP contribution in [0.25, 0.3) is 0 Å². The van der Waals surface area contributed by atoms with Crippen molar-refractivity contribution in [1.29, 1.82) is 0 Å². The summed E-state index contributed by atoms with van der Waals surface area (Å²) in [6, 6.07) is 5.67. The minimum atomic E-state index is -0.486. The molecule has 0 saturated carbocycles. The van der Waals surface area contributed by atoms with Crippen molar-refractivity contribution in [1.82, 2.24) is 10.4 Å². The van der Waals surface area contributed by atoms with Crippen LogP contribution in [0.2, 0.25) is 0 Å². The van der Waals surface area contributed by atoms with Gasteiger partial charge in [0, 0.05) is 25.6 Å². The quantitative estimate of drug-likeness (QED) is 0.625. The van der Waals surface area contributed by atoms with Gasteiger partial charge in [-0.25, -0.2) is 10.3 Å². The second kappa shape index (κ2) is 8.25. The van der Waals surface area contributed by atoms with E-state index in [1.54, 1.807) is 17.0 Å². The van der Waals surface area contributed by atoms with Crippen LogP contribution in [0, 0.1) is 10.1 Å². The maximum atomic E-state index is 12.2. The predicted octanol–water partition coefficient (Wildman–Crippen LogP) is 1.76. The van der Waals surface area contributed by atoms with E-state index in [1.807, 2.05) is 0 Å². The molecule has 1 aliphatic heterocycles. The summed E-state index contributed by atoms with van der Waals surface area (Å²) in [5.41, 5.74) is 2.88. The third kappa shape index (κ3) is 4.92. The molecular formula is C15H19N3O6. The highest BCUT2D eigenvalue weighted by molar-refractivity contribution is 5.71. The Kier molecular flexibility index (Phi) is 6.07. The van der Waals surface area contributed by atoms with Gasteiger partial charge in [0.15, 0.2) is 0 Å². The van der Waals surface area contributed by atoms with Crippen molar-refractivity contribution >= 4 is 17.7 Å². The van der Waals surface area contributed by atoms with E-state index in [2.05, 4.69) is 5.48 Å². The van der Waals surface area contributed by atoms with Crippen molar-refractivity contribution in [2.45, 2.75) is 32.4 Å². The van der Waals surface area contributed by atoms with Crippen molar-refractivity contribution in [3.63, 3.8) is 0 Å². The summed E-state index contributed by atoms with van der Waals surface area (Å²) in [5.74, 6) is -0.305. The first-order valence-corrected chi connectivity index (χ1v) is 7.52. The summed E-state index contributed by atoms with van der Waals surface area (Å²) in [7, 11) is 0. The lowest BCUT2D eigenvalue weighted by molar-refractivity contribution is -0.384. The fourth-order valence-electron chi connectivity index (χ4n) is 2.43. The number of nitrogens with one attached hydrogen (secondary N) is 1. The predicted molar refractivity (Wildman–Crippen MR) is 82.8 cm³/mol. The van der Waals surface area contributed by atoms with Crippen molar-refractivity contribution in [2.75, 3.05) is 13.2 Å². The fourth-order valence-corrected chi connectivity index (χ4v) is 2.43. The molecule has 2 amide bonds. The van der Waals surface area contributed by atoms with Crippen LogP contribution in [0.4, 0.5) is 10.5 Å². The van der Waals surface area contributed by atoms with Gasteiger partial charge in [-0.3, -0.25) is 19.7 Å². The average molecular weight is 337 g/mol. The molecule has 1 N–H and O–H groups in total. The minimum absolute atomic E-state index is 0.0141. The number of benzene rings is 1. The molecule has 1 aromatic rings. The Morgan fingerprint density at radius 2 is 2.08 bits per heavy atom. The molecule has 1 fully saturated rings. The zero-order valence-electron chi connectivity index (χ0n) is 13.3. The molecule has 24 heavy (non-hydrogen) atoms. The molecule has 9 heteroatoms. The van der Waals surface area contributed by atoms with Gasteiger partial charge in [0.05, 0.1) is 17.6 Å². The molecule has 1 aromatic carbocycles. The highest BCUT2D eigenvalue weighted by atomic mass is 16.7. The van der Waals surface area contributed by atoms with Crippen LogP contribution in [0.3, 0.4) is 0 Å². The summed E-state index contributed by atoms with van der Waals surface area (Å²) < 4.78 is 5.24. The van der Waals surface area contributed by atoms with Gasteiger partial charge < -0.3 is 9.64 Å². The summed E-state index contributed by atoms with van der Waals surface area (Å²) >= 11 is 0. The maximum absolute atomic E-state index is 12.2. The number of ether oxygens (including phenoxy) is 1. The zero-order valence-corrected chi connectivity index (χ0v) is 13.3. The molecule has 1 unspecified atom stereocenters. The summed E-state index contributed by atoms with van der Waals surface area (Å²) in [6.07, 6.45) is 1.13. The second-order valence-corrected chi connectivity index (χ2v) is 5.44. The van der Waals surface area contributed by atoms with E-state index in [9.17, 15) is 19.7 Å². The second-order valence-electron chi connectivity index (χ2n) is 5.44. The van der Waals surface area contributed by atoms with Gasteiger partial charge in [0.25, 0.3) is 5.69 Å². The summed E-state index contributed by atoms with van der Waals surface area (Å²) in [4.78, 5) is 39.6. The number of carbonyl (C=O) groups is 2. The lowest BCUT2D eigenvalue weighted by Crippen LogP contribution is -2.40. The standard InChI is InChI=1S/C15H19N3O6/c1-11(19)16-24-10-14-3-2-8-17(14)15(20)23-9-12-4-6-13(7-5-12)18(21)22/h4-7,14H,2-3,8-10H2,1H3,(H,16,19). The SMILES string of the molecule is CC(=O)NOCC1CCCN1C(=O)OCc1ccc([N+](=O)[O-])cc1. The van der Waals surface area contributed by atoms with Crippen LogP contribution in [-0.4, -0.2) is 41.0 Å². The van der Waals surface area contributed by atoms with Crippen LogP contribution in [0.1, 0.15) is 25.3 Å². The number of carbonyl (C=O) groups excluding carboxylic acids is 2. The maximum Gasteiger partial charge on any atom is 0.410 e. The largest absolute Gasteiger partial charge is 0.445 e. The lowest BCUT2D eigenvalue weighted by atomic mass is 10.2. The zero-order chi connectivity index (χ0) is 17.5. The number of hydrogen-bond donors (Lipinski definition) is 1. The van der Waals surface area contributed by atoms with E-state index in [0.717, 1.165) is 12.8 Å². The van der Waals surface area contributed by atoms with Crippen LogP contribution in [0.15, 0.2) is 24.3 Å². The third-order valence-electron chi connectivity index (χ3n) is 3.61. The minimum Gasteiger partial charge on any atom is -0.445 e. The number of amides is 2. The monoisotopic (exact) mass is 337 g/mol. The normalized spacial score (nSPS) is 16.7. The van der Waals surface area contributed by atoms with Crippen molar-refractivity contribution in [2.24, 2.45) is 0 Å². The first-order chi connectivity index (χ1) is 11.5. The van der Waals surface area contributed by atoms with E-state index < -0.39 is 11.0 Å².